The van der Waals surface area contributed by atoms with E-state index >= 15 is 0 Å². The summed E-state index contributed by atoms with van der Waals surface area (Å²) >= 11 is 3.27. The summed E-state index contributed by atoms with van der Waals surface area (Å²) in [6.45, 7) is 1.83. The van der Waals surface area contributed by atoms with Crippen molar-refractivity contribution in [3.8, 4) is 11.4 Å². The van der Waals surface area contributed by atoms with Crippen LogP contribution in [0.3, 0.4) is 0 Å². The summed E-state index contributed by atoms with van der Waals surface area (Å²) in [5.74, 6) is -1.83. The second-order valence-corrected chi connectivity index (χ2v) is 7.33. The number of carbonyl (C=O) groups is 2. The molecular formula is C21H16BrF3N2O5. The van der Waals surface area contributed by atoms with Crippen LogP contribution in [0.5, 0.6) is 5.75 Å². The van der Waals surface area contributed by atoms with Gasteiger partial charge in [-0.1, -0.05) is 28.1 Å². The molecule has 2 aromatic carbocycles. The Hall–Kier alpha value is -3.18. The second-order valence-electron chi connectivity index (χ2n) is 6.41. The lowest BCUT2D eigenvalue weighted by Gasteiger charge is -2.15. The number of hydrogen-bond donors (Lipinski definition) is 1. The Morgan fingerprint density at radius 1 is 1.16 bits per heavy atom. The van der Waals surface area contributed by atoms with Crippen molar-refractivity contribution in [2.75, 3.05) is 6.61 Å². The van der Waals surface area contributed by atoms with Gasteiger partial charge in [0, 0.05) is 16.2 Å². The highest BCUT2D eigenvalue weighted by Gasteiger charge is 2.31. The van der Waals surface area contributed by atoms with Crippen LogP contribution < -0.4 is 4.74 Å². The zero-order chi connectivity index (χ0) is 23.5. The van der Waals surface area contributed by atoms with E-state index < -0.39 is 30.0 Å². The highest BCUT2D eigenvalue weighted by molar-refractivity contribution is 9.10. The summed E-state index contributed by atoms with van der Waals surface area (Å²) in [7, 11) is 0. The van der Waals surface area contributed by atoms with Crippen LogP contribution in [0.1, 0.15) is 39.4 Å². The lowest BCUT2D eigenvalue weighted by atomic mass is 9.98. The SMILES string of the molecule is CCOC(=O)c1ccn(-c2ccc(Br)cc2C(=O)C(O)c2ccc(OC(F)(F)F)cc2)n1. The van der Waals surface area contributed by atoms with Gasteiger partial charge in [-0.2, -0.15) is 5.10 Å². The molecule has 1 N–H and O–H groups in total. The maximum absolute atomic E-state index is 13.0. The summed E-state index contributed by atoms with van der Waals surface area (Å²) < 4.78 is 47.5. The third-order valence-corrected chi connectivity index (χ3v) is 4.72. The Balaban J connectivity index is 1.90. The fourth-order valence-electron chi connectivity index (χ4n) is 2.83. The quantitative estimate of drug-likeness (QED) is 0.366. The van der Waals surface area contributed by atoms with Crippen LogP contribution in [-0.2, 0) is 4.74 Å². The number of Topliss-reactive ketones (excluding diaryl/α,β-unsaturated/α-hetero) is 1. The Morgan fingerprint density at radius 2 is 1.84 bits per heavy atom. The molecule has 32 heavy (non-hydrogen) atoms. The van der Waals surface area contributed by atoms with Gasteiger partial charge in [-0.05, 0) is 48.9 Å². The number of halogens is 4. The van der Waals surface area contributed by atoms with E-state index in [9.17, 15) is 27.9 Å². The Morgan fingerprint density at radius 3 is 2.47 bits per heavy atom. The number of carbonyl (C=O) groups excluding carboxylic acids is 2. The summed E-state index contributed by atoms with van der Waals surface area (Å²) in [4.78, 5) is 24.9. The van der Waals surface area contributed by atoms with Crippen molar-refractivity contribution in [2.24, 2.45) is 0 Å². The number of ether oxygens (including phenoxy) is 2. The summed E-state index contributed by atoms with van der Waals surface area (Å²) in [5, 5.41) is 14.7. The molecule has 0 spiro atoms. The topological polar surface area (TPSA) is 90.7 Å². The molecule has 3 aromatic rings. The van der Waals surface area contributed by atoms with Crippen molar-refractivity contribution in [2.45, 2.75) is 19.4 Å². The molecule has 168 valence electrons. The van der Waals surface area contributed by atoms with E-state index in [0.717, 1.165) is 24.3 Å². The zero-order valence-electron chi connectivity index (χ0n) is 16.5. The normalized spacial score (nSPS) is 12.3. The van der Waals surface area contributed by atoms with Crippen molar-refractivity contribution in [3.63, 3.8) is 0 Å². The highest BCUT2D eigenvalue weighted by atomic mass is 79.9. The minimum absolute atomic E-state index is 0.0361. The molecule has 11 heteroatoms. The van der Waals surface area contributed by atoms with E-state index in [2.05, 4.69) is 25.8 Å². The van der Waals surface area contributed by atoms with Gasteiger partial charge in [0.2, 0.25) is 0 Å². The van der Waals surface area contributed by atoms with Gasteiger partial charge in [0.25, 0.3) is 0 Å². The monoisotopic (exact) mass is 512 g/mol. The summed E-state index contributed by atoms with van der Waals surface area (Å²) in [6, 6.07) is 10.4. The number of benzene rings is 2. The first-order chi connectivity index (χ1) is 15.1. The third kappa shape index (κ3) is 5.54. The largest absolute Gasteiger partial charge is 0.573 e. The van der Waals surface area contributed by atoms with E-state index in [-0.39, 0.29) is 29.1 Å². The number of aliphatic hydroxyl groups is 1. The maximum atomic E-state index is 13.0. The van der Waals surface area contributed by atoms with Crippen LogP contribution in [0.15, 0.2) is 59.2 Å². The van der Waals surface area contributed by atoms with Crippen LogP contribution in [0.25, 0.3) is 5.69 Å². The summed E-state index contributed by atoms with van der Waals surface area (Å²) in [5.41, 5.74) is 0.461. The molecule has 1 unspecified atom stereocenters. The van der Waals surface area contributed by atoms with Crippen molar-refractivity contribution < 1.29 is 37.3 Å². The number of nitrogens with zero attached hydrogens (tertiary/aromatic N) is 2. The fraction of sp³-hybridized carbons (Fsp3) is 0.190. The van der Waals surface area contributed by atoms with Crippen molar-refractivity contribution in [3.05, 3.63) is 76.0 Å². The van der Waals surface area contributed by atoms with E-state index in [1.807, 2.05) is 0 Å². The Labute approximate surface area is 188 Å². The van der Waals surface area contributed by atoms with Crippen LogP contribution in [0.4, 0.5) is 13.2 Å². The van der Waals surface area contributed by atoms with Gasteiger partial charge < -0.3 is 14.6 Å². The standard InChI is InChI=1S/C21H16BrF3N2O5/c1-2-31-20(30)16-9-10-27(26-16)17-8-5-13(22)11-15(17)19(29)18(28)12-3-6-14(7-4-12)32-21(23,24)25/h3-11,18,28H,2H2,1H3. The first-order valence-electron chi connectivity index (χ1n) is 9.19. The molecule has 0 aliphatic rings. The number of ketones is 1. The predicted molar refractivity (Wildman–Crippen MR) is 110 cm³/mol. The Bertz CT molecular complexity index is 1130. The predicted octanol–water partition coefficient (Wildman–Crippen LogP) is 4.63. The third-order valence-electron chi connectivity index (χ3n) is 4.22. The molecule has 1 aromatic heterocycles. The first-order valence-corrected chi connectivity index (χ1v) is 9.99. The lowest BCUT2D eigenvalue weighted by Crippen LogP contribution is -2.18. The zero-order valence-corrected chi connectivity index (χ0v) is 18.1. The fourth-order valence-corrected chi connectivity index (χ4v) is 3.19. The minimum atomic E-state index is -4.85. The average Bonchev–Trinajstić information content (AvgIpc) is 3.22. The van der Waals surface area contributed by atoms with Crippen molar-refractivity contribution >= 4 is 27.7 Å². The molecule has 0 saturated heterocycles. The van der Waals surface area contributed by atoms with Gasteiger partial charge in [0.05, 0.1) is 12.3 Å². The van der Waals surface area contributed by atoms with Crippen LogP contribution in [0.2, 0.25) is 0 Å². The second kappa shape index (κ2) is 9.53. The first kappa shape index (κ1) is 23.5. The molecule has 0 aliphatic carbocycles. The molecule has 0 amide bonds. The van der Waals surface area contributed by atoms with Gasteiger partial charge in [-0.15, -0.1) is 13.2 Å². The highest BCUT2D eigenvalue weighted by Crippen LogP contribution is 2.28. The number of alkyl halides is 3. The molecule has 0 fully saturated rings. The van der Waals surface area contributed by atoms with Crippen molar-refractivity contribution in [1.82, 2.24) is 9.78 Å². The van der Waals surface area contributed by atoms with Crippen LogP contribution in [-0.4, -0.2) is 39.6 Å². The minimum Gasteiger partial charge on any atom is -0.461 e. The molecule has 0 saturated carbocycles. The molecule has 7 nitrogen and oxygen atoms in total. The number of rotatable bonds is 7. The molecule has 0 radical (unpaired) electrons. The van der Waals surface area contributed by atoms with E-state index in [4.69, 9.17) is 4.74 Å². The van der Waals surface area contributed by atoms with Gasteiger partial charge in [0.15, 0.2) is 11.5 Å². The average molecular weight is 513 g/mol. The van der Waals surface area contributed by atoms with E-state index in [0.29, 0.717) is 4.47 Å². The van der Waals surface area contributed by atoms with Crippen LogP contribution >= 0.6 is 15.9 Å². The van der Waals surface area contributed by atoms with Gasteiger partial charge in [0.1, 0.15) is 11.9 Å². The van der Waals surface area contributed by atoms with Crippen molar-refractivity contribution in [1.29, 1.82) is 0 Å². The summed E-state index contributed by atoms with van der Waals surface area (Å²) in [6.07, 6.45) is -5.06. The van der Waals surface area contributed by atoms with E-state index in [1.165, 1.54) is 23.0 Å². The van der Waals surface area contributed by atoms with Gasteiger partial charge in [-0.25, -0.2) is 9.48 Å². The molecule has 1 heterocycles. The number of esters is 1. The Kier molecular flexibility index (Phi) is 6.99. The lowest BCUT2D eigenvalue weighted by molar-refractivity contribution is -0.274. The number of aromatic nitrogens is 2. The molecule has 3 rings (SSSR count). The molecular weight excluding hydrogens is 497 g/mol. The number of aliphatic hydroxyl groups excluding tert-OH is 1. The van der Waals surface area contributed by atoms with E-state index in [1.54, 1.807) is 19.1 Å². The molecule has 1 atom stereocenters. The van der Waals surface area contributed by atoms with Crippen LogP contribution in [0, 0.1) is 0 Å². The molecule has 0 aliphatic heterocycles. The van der Waals surface area contributed by atoms with Gasteiger partial charge in [-0.3, -0.25) is 4.79 Å². The smallest absolute Gasteiger partial charge is 0.461 e. The maximum Gasteiger partial charge on any atom is 0.573 e. The van der Waals surface area contributed by atoms with Gasteiger partial charge >= 0.3 is 12.3 Å². The molecule has 0 bridgehead atoms. The number of hydrogen-bond acceptors (Lipinski definition) is 6.